The molecule has 3 aromatic carbocycles. The fourth-order valence-electron chi connectivity index (χ4n) is 4.17. The number of para-hydroxylation sites is 1. The highest BCUT2D eigenvalue weighted by Crippen LogP contribution is 2.35. The molecule has 0 radical (unpaired) electrons. The number of aromatic nitrogens is 2. The van der Waals surface area contributed by atoms with Gasteiger partial charge in [-0.3, -0.25) is 4.79 Å². The summed E-state index contributed by atoms with van der Waals surface area (Å²) in [5, 5.41) is 5.13. The normalized spacial score (nSPS) is 11.5. The van der Waals surface area contributed by atoms with Crippen LogP contribution in [0.5, 0.6) is 17.2 Å². The largest absolute Gasteiger partial charge is 0.496 e. The van der Waals surface area contributed by atoms with Crippen LogP contribution < -0.4 is 19.8 Å². The van der Waals surface area contributed by atoms with Crippen molar-refractivity contribution < 1.29 is 14.2 Å². The molecular weight excluding hydrogens is 534 g/mol. The number of fused-ring (bicyclic) bond motifs is 1. The molecule has 192 valence electrons. The zero-order chi connectivity index (χ0) is 26.7. The number of aryl methyl sites for hydroxylation is 1. The predicted molar refractivity (Wildman–Crippen MR) is 152 cm³/mol. The van der Waals surface area contributed by atoms with Gasteiger partial charge in [0.25, 0.3) is 5.56 Å². The Morgan fingerprint density at radius 2 is 1.78 bits per heavy atom. The second kappa shape index (κ2) is 11.2. The van der Waals surface area contributed by atoms with Crippen molar-refractivity contribution in [1.29, 1.82) is 0 Å². The van der Waals surface area contributed by atoms with Crippen LogP contribution in [0, 0.1) is 6.92 Å². The summed E-state index contributed by atoms with van der Waals surface area (Å²) in [4.78, 5) is 18.6. The molecule has 4 rings (SSSR count). The fraction of sp³-hybridized carbons (Fsp3) is 0.276. The molecule has 37 heavy (non-hydrogen) atoms. The first-order valence-electron chi connectivity index (χ1n) is 12.0. The predicted octanol–water partition coefficient (Wildman–Crippen LogP) is 6.56. The van der Waals surface area contributed by atoms with E-state index in [4.69, 9.17) is 19.2 Å². The van der Waals surface area contributed by atoms with E-state index in [1.54, 1.807) is 26.5 Å². The molecule has 0 atom stereocenters. The average Bonchev–Trinajstić information content (AvgIpc) is 2.89. The summed E-state index contributed by atoms with van der Waals surface area (Å²) in [5.41, 5.74) is 3.85. The van der Waals surface area contributed by atoms with Gasteiger partial charge in [0.2, 0.25) is 0 Å². The Morgan fingerprint density at radius 3 is 2.46 bits per heavy atom. The summed E-state index contributed by atoms with van der Waals surface area (Å²) in [7, 11) is 3.26. The van der Waals surface area contributed by atoms with E-state index in [1.807, 2.05) is 56.3 Å². The number of hydrogen-bond acceptors (Lipinski definition) is 6. The molecule has 0 aliphatic heterocycles. The van der Waals surface area contributed by atoms with Gasteiger partial charge in [-0.25, -0.2) is 4.98 Å². The number of methoxy groups -OCH3 is 2. The van der Waals surface area contributed by atoms with Crippen LogP contribution in [0.25, 0.3) is 22.3 Å². The minimum absolute atomic E-state index is 0.214. The Labute approximate surface area is 224 Å². The Hall–Kier alpha value is -3.65. The van der Waals surface area contributed by atoms with E-state index in [0.717, 1.165) is 32.5 Å². The van der Waals surface area contributed by atoms with Crippen molar-refractivity contribution in [3.8, 4) is 28.6 Å². The van der Waals surface area contributed by atoms with Gasteiger partial charge < -0.3 is 14.2 Å². The highest BCUT2D eigenvalue weighted by molar-refractivity contribution is 9.10. The van der Waals surface area contributed by atoms with Crippen LogP contribution >= 0.6 is 15.9 Å². The summed E-state index contributed by atoms with van der Waals surface area (Å²) < 4.78 is 18.9. The van der Waals surface area contributed by atoms with Crippen LogP contribution in [0.3, 0.4) is 0 Å². The molecule has 0 aliphatic rings. The molecule has 0 amide bonds. The number of halogens is 1. The van der Waals surface area contributed by atoms with Crippen molar-refractivity contribution in [1.82, 2.24) is 9.66 Å². The quantitative estimate of drug-likeness (QED) is 0.227. The monoisotopic (exact) mass is 563 g/mol. The van der Waals surface area contributed by atoms with Crippen LogP contribution in [0.2, 0.25) is 0 Å². The third kappa shape index (κ3) is 5.25. The SMILES string of the molecule is CCOc1cc(C=Nn2c(-c3cc(C(C)C)c(OC)cc3C)nc3ccccc3c2=O)c(Br)cc1OC. The average molecular weight is 564 g/mol. The molecule has 0 bridgehead atoms. The van der Waals surface area contributed by atoms with E-state index in [0.29, 0.717) is 34.8 Å². The lowest BCUT2D eigenvalue weighted by Gasteiger charge is -2.17. The van der Waals surface area contributed by atoms with Gasteiger partial charge in [0, 0.05) is 15.6 Å². The molecule has 0 spiro atoms. The topological polar surface area (TPSA) is 74.9 Å². The Morgan fingerprint density at radius 1 is 1.05 bits per heavy atom. The number of nitrogens with zero attached hydrogens (tertiary/aromatic N) is 3. The molecule has 4 aromatic rings. The fourth-order valence-corrected chi connectivity index (χ4v) is 4.59. The summed E-state index contributed by atoms with van der Waals surface area (Å²) >= 11 is 3.58. The van der Waals surface area contributed by atoms with Gasteiger partial charge in [-0.2, -0.15) is 9.78 Å². The maximum Gasteiger partial charge on any atom is 0.282 e. The maximum absolute atomic E-state index is 13.7. The highest BCUT2D eigenvalue weighted by Gasteiger charge is 2.18. The standard InChI is InChI=1S/C29H30BrN3O4/c1-7-37-27-13-19(23(30)15-26(27)36-6)16-31-33-28(32-24-11-9-8-10-20(24)29(33)34)22-14-21(17(2)3)25(35-5)12-18(22)4/h8-17H,7H2,1-6H3. The minimum atomic E-state index is -0.257. The zero-order valence-corrected chi connectivity index (χ0v) is 23.4. The van der Waals surface area contributed by atoms with E-state index >= 15 is 0 Å². The Kier molecular flexibility index (Phi) is 7.97. The molecule has 0 N–H and O–H groups in total. The minimum Gasteiger partial charge on any atom is -0.496 e. The van der Waals surface area contributed by atoms with Crippen molar-refractivity contribution in [3.05, 3.63) is 80.0 Å². The second-order valence-corrected chi connectivity index (χ2v) is 9.69. The highest BCUT2D eigenvalue weighted by atomic mass is 79.9. The molecule has 1 heterocycles. The van der Waals surface area contributed by atoms with Crippen molar-refractivity contribution in [2.24, 2.45) is 5.10 Å². The Balaban J connectivity index is 1.96. The van der Waals surface area contributed by atoms with Gasteiger partial charge in [0.05, 0.1) is 37.9 Å². The molecule has 7 nitrogen and oxygen atoms in total. The first kappa shape index (κ1) is 26.4. The summed E-state index contributed by atoms with van der Waals surface area (Å²) in [5.74, 6) is 2.67. The van der Waals surface area contributed by atoms with Gasteiger partial charge in [-0.15, -0.1) is 0 Å². The van der Waals surface area contributed by atoms with Crippen LogP contribution in [0.4, 0.5) is 0 Å². The lowest BCUT2D eigenvalue weighted by Crippen LogP contribution is -2.21. The van der Waals surface area contributed by atoms with E-state index in [2.05, 4.69) is 34.9 Å². The van der Waals surface area contributed by atoms with E-state index in [9.17, 15) is 4.79 Å². The molecule has 0 aliphatic carbocycles. The van der Waals surface area contributed by atoms with Gasteiger partial charge >= 0.3 is 0 Å². The third-order valence-corrected chi connectivity index (χ3v) is 6.78. The summed E-state index contributed by atoms with van der Waals surface area (Å²) in [6.45, 7) is 8.58. The van der Waals surface area contributed by atoms with E-state index < -0.39 is 0 Å². The zero-order valence-electron chi connectivity index (χ0n) is 21.8. The molecular formula is C29H30BrN3O4. The maximum atomic E-state index is 13.7. The summed E-state index contributed by atoms with van der Waals surface area (Å²) in [6.07, 6.45) is 1.62. The molecule has 8 heteroatoms. The first-order chi connectivity index (χ1) is 17.8. The molecule has 0 saturated heterocycles. The lowest BCUT2D eigenvalue weighted by molar-refractivity contribution is 0.311. The van der Waals surface area contributed by atoms with E-state index in [-0.39, 0.29) is 11.5 Å². The van der Waals surface area contributed by atoms with Gasteiger partial charge in [0.15, 0.2) is 17.3 Å². The molecule has 0 saturated carbocycles. The van der Waals surface area contributed by atoms with Crippen molar-refractivity contribution in [2.45, 2.75) is 33.6 Å². The van der Waals surface area contributed by atoms with Gasteiger partial charge in [-0.1, -0.05) is 26.0 Å². The lowest BCUT2D eigenvalue weighted by atomic mass is 9.96. The van der Waals surface area contributed by atoms with Crippen LogP contribution in [0.15, 0.2) is 62.9 Å². The summed E-state index contributed by atoms with van der Waals surface area (Å²) in [6, 6.07) is 15.0. The van der Waals surface area contributed by atoms with Crippen molar-refractivity contribution in [3.63, 3.8) is 0 Å². The number of hydrogen-bond donors (Lipinski definition) is 0. The van der Waals surface area contributed by atoms with Crippen LogP contribution in [-0.4, -0.2) is 36.7 Å². The first-order valence-corrected chi connectivity index (χ1v) is 12.8. The third-order valence-electron chi connectivity index (χ3n) is 6.09. The van der Waals surface area contributed by atoms with Crippen molar-refractivity contribution >= 4 is 33.0 Å². The second-order valence-electron chi connectivity index (χ2n) is 8.84. The van der Waals surface area contributed by atoms with Crippen molar-refractivity contribution in [2.75, 3.05) is 20.8 Å². The van der Waals surface area contributed by atoms with Crippen LogP contribution in [-0.2, 0) is 0 Å². The molecule has 0 fully saturated rings. The smallest absolute Gasteiger partial charge is 0.282 e. The van der Waals surface area contributed by atoms with E-state index in [1.165, 1.54) is 4.68 Å². The number of rotatable bonds is 8. The number of benzene rings is 3. The molecule has 0 unspecified atom stereocenters. The Bertz CT molecular complexity index is 1540. The van der Waals surface area contributed by atoms with Crippen LogP contribution in [0.1, 0.15) is 43.4 Å². The van der Waals surface area contributed by atoms with Gasteiger partial charge in [0.1, 0.15) is 5.75 Å². The number of ether oxygens (including phenoxy) is 3. The van der Waals surface area contributed by atoms with Gasteiger partial charge in [-0.05, 0) is 83.2 Å². The molecule has 1 aromatic heterocycles.